The second-order valence-corrected chi connectivity index (χ2v) is 6.48. The van der Waals surface area contributed by atoms with Crippen LogP contribution >= 0.6 is 11.8 Å². The molecule has 0 saturated carbocycles. The van der Waals surface area contributed by atoms with E-state index in [2.05, 4.69) is 15.8 Å². The van der Waals surface area contributed by atoms with Crippen LogP contribution < -0.4 is 10.7 Å². The molecule has 140 valence electrons. The van der Waals surface area contributed by atoms with E-state index in [1.165, 1.54) is 18.3 Å². The number of thioether (sulfide) groups is 1. The molecule has 0 atom stereocenters. The normalized spacial score (nSPS) is 10.6. The van der Waals surface area contributed by atoms with Crippen LogP contribution in [0, 0.1) is 17.0 Å². The highest BCUT2D eigenvalue weighted by molar-refractivity contribution is 8.00. The smallest absolute Gasteiger partial charge is 0.270 e. The van der Waals surface area contributed by atoms with E-state index >= 15 is 0 Å². The van der Waals surface area contributed by atoms with E-state index in [0.29, 0.717) is 11.3 Å². The van der Waals surface area contributed by atoms with Crippen molar-refractivity contribution >= 4 is 41.2 Å². The van der Waals surface area contributed by atoms with E-state index < -0.39 is 4.92 Å². The number of carbonyl (C=O) groups is 2. The van der Waals surface area contributed by atoms with Gasteiger partial charge in [0, 0.05) is 23.4 Å². The Bertz CT molecular complexity index is 856. The van der Waals surface area contributed by atoms with Crippen LogP contribution in [-0.4, -0.2) is 34.5 Å². The molecule has 2 amide bonds. The molecule has 0 aromatic heterocycles. The number of hydrogen-bond donors (Lipinski definition) is 2. The van der Waals surface area contributed by atoms with Gasteiger partial charge >= 0.3 is 0 Å². The lowest BCUT2D eigenvalue weighted by Crippen LogP contribution is -2.21. The average Bonchev–Trinajstić information content (AvgIpc) is 2.64. The van der Waals surface area contributed by atoms with Crippen molar-refractivity contribution in [3.63, 3.8) is 0 Å². The molecule has 9 heteroatoms. The molecule has 8 nitrogen and oxygen atoms in total. The number of para-hydroxylation sites is 1. The number of anilines is 1. The molecule has 0 bridgehead atoms. The minimum absolute atomic E-state index is 0.0478. The summed E-state index contributed by atoms with van der Waals surface area (Å²) in [7, 11) is 0. The maximum atomic E-state index is 11.8. The third-order valence-electron chi connectivity index (χ3n) is 3.39. The molecule has 0 radical (unpaired) electrons. The maximum Gasteiger partial charge on any atom is 0.270 e. The lowest BCUT2D eigenvalue weighted by atomic mass is 10.1. The summed E-state index contributed by atoms with van der Waals surface area (Å²) in [5.74, 6) is -0.370. The highest BCUT2D eigenvalue weighted by atomic mass is 32.2. The van der Waals surface area contributed by atoms with Crippen LogP contribution in [-0.2, 0) is 9.59 Å². The van der Waals surface area contributed by atoms with Crippen LogP contribution in [0.5, 0.6) is 0 Å². The molecule has 0 aliphatic heterocycles. The minimum atomic E-state index is -0.494. The van der Waals surface area contributed by atoms with Crippen LogP contribution in [0.2, 0.25) is 0 Å². The van der Waals surface area contributed by atoms with Crippen molar-refractivity contribution in [2.45, 2.75) is 6.92 Å². The van der Waals surface area contributed by atoms with Gasteiger partial charge in [-0.1, -0.05) is 24.3 Å². The van der Waals surface area contributed by atoms with E-state index in [9.17, 15) is 19.7 Å². The van der Waals surface area contributed by atoms with Crippen molar-refractivity contribution in [2.75, 3.05) is 16.8 Å². The molecule has 0 unspecified atom stereocenters. The highest BCUT2D eigenvalue weighted by Crippen LogP contribution is 2.15. The molecule has 0 fully saturated rings. The van der Waals surface area contributed by atoms with Gasteiger partial charge in [-0.05, 0) is 24.6 Å². The summed E-state index contributed by atoms with van der Waals surface area (Å²) in [6.45, 7) is 1.79. The first-order valence-corrected chi connectivity index (χ1v) is 9.11. The zero-order valence-electron chi connectivity index (χ0n) is 14.5. The summed E-state index contributed by atoms with van der Waals surface area (Å²) in [5.41, 5.74) is 4.33. The number of nitro benzene ring substituents is 1. The number of hydrogen-bond acceptors (Lipinski definition) is 6. The summed E-state index contributed by atoms with van der Waals surface area (Å²) < 4.78 is 0. The molecule has 0 saturated heterocycles. The Balaban J connectivity index is 1.74. The number of nitrogens with zero attached hydrogens (tertiary/aromatic N) is 2. The van der Waals surface area contributed by atoms with Crippen molar-refractivity contribution in [3.8, 4) is 0 Å². The van der Waals surface area contributed by atoms with Crippen LogP contribution in [0.1, 0.15) is 11.1 Å². The first-order valence-electron chi connectivity index (χ1n) is 7.95. The fraction of sp³-hybridized carbons (Fsp3) is 0.167. The third-order valence-corrected chi connectivity index (χ3v) is 4.32. The molecular weight excluding hydrogens is 368 g/mol. The quantitative estimate of drug-likeness (QED) is 0.411. The van der Waals surface area contributed by atoms with E-state index in [-0.39, 0.29) is 29.0 Å². The van der Waals surface area contributed by atoms with Gasteiger partial charge in [0.05, 0.1) is 22.6 Å². The topological polar surface area (TPSA) is 114 Å². The Morgan fingerprint density at radius 3 is 2.56 bits per heavy atom. The molecule has 0 aliphatic carbocycles. The highest BCUT2D eigenvalue weighted by Gasteiger charge is 2.08. The number of hydrazone groups is 1. The number of rotatable bonds is 8. The molecule has 27 heavy (non-hydrogen) atoms. The summed E-state index contributed by atoms with van der Waals surface area (Å²) in [5, 5.41) is 17.3. The van der Waals surface area contributed by atoms with Crippen molar-refractivity contribution in [1.29, 1.82) is 0 Å². The molecule has 2 aromatic carbocycles. The first kappa shape index (κ1) is 20.1. The van der Waals surface area contributed by atoms with Crippen molar-refractivity contribution in [3.05, 3.63) is 69.8 Å². The molecule has 0 heterocycles. The Hall–Kier alpha value is -3.20. The van der Waals surface area contributed by atoms with Crippen LogP contribution in [0.25, 0.3) is 0 Å². The largest absolute Gasteiger partial charge is 0.325 e. The minimum Gasteiger partial charge on any atom is -0.325 e. The maximum absolute atomic E-state index is 11.8. The summed E-state index contributed by atoms with van der Waals surface area (Å²) in [6.07, 6.45) is 1.35. The van der Waals surface area contributed by atoms with Gasteiger partial charge in [0.25, 0.3) is 5.69 Å². The fourth-order valence-electron chi connectivity index (χ4n) is 2.04. The summed E-state index contributed by atoms with van der Waals surface area (Å²) >= 11 is 1.16. The van der Waals surface area contributed by atoms with Crippen LogP contribution in [0.3, 0.4) is 0 Å². The van der Waals surface area contributed by atoms with Gasteiger partial charge in [-0.3, -0.25) is 19.7 Å². The number of non-ortho nitro benzene ring substituents is 1. The lowest BCUT2D eigenvalue weighted by Gasteiger charge is -2.04. The van der Waals surface area contributed by atoms with Gasteiger partial charge in [-0.15, -0.1) is 11.8 Å². The van der Waals surface area contributed by atoms with Crippen molar-refractivity contribution in [2.24, 2.45) is 5.10 Å². The molecule has 2 aromatic rings. The number of amides is 2. The van der Waals surface area contributed by atoms with Crippen molar-refractivity contribution < 1.29 is 14.5 Å². The van der Waals surface area contributed by atoms with Gasteiger partial charge in [0.2, 0.25) is 11.8 Å². The zero-order chi connectivity index (χ0) is 19.6. The second kappa shape index (κ2) is 10.1. The van der Waals surface area contributed by atoms with Crippen LogP contribution in [0.4, 0.5) is 11.4 Å². The Morgan fingerprint density at radius 2 is 1.85 bits per heavy atom. The average molecular weight is 386 g/mol. The number of carbonyl (C=O) groups excluding carboxylic acids is 2. The fourth-order valence-corrected chi connectivity index (χ4v) is 2.65. The van der Waals surface area contributed by atoms with E-state index in [4.69, 9.17) is 0 Å². The lowest BCUT2D eigenvalue weighted by molar-refractivity contribution is -0.384. The molecule has 0 spiro atoms. The van der Waals surface area contributed by atoms with E-state index in [1.807, 2.05) is 18.2 Å². The van der Waals surface area contributed by atoms with E-state index in [0.717, 1.165) is 17.3 Å². The zero-order valence-corrected chi connectivity index (χ0v) is 15.4. The summed E-state index contributed by atoms with van der Waals surface area (Å²) in [6, 6.07) is 13.4. The molecule has 2 rings (SSSR count). The Kier molecular flexibility index (Phi) is 7.50. The van der Waals surface area contributed by atoms with Gasteiger partial charge in [0.15, 0.2) is 0 Å². The first-order chi connectivity index (χ1) is 13.0. The molecular formula is C18H18N4O4S. The van der Waals surface area contributed by atoms with Gasteiger partial charge in [-0.2, -0.15) is 5.10 Å². The Morgan fingerprint density at radius 1 is 1.15 bits per heavy atom. The monoisotopic (exact) mass is 386 g/mol. The SMILES string of the molecule is Cc1ccc([N+](=O)[O-])cc1C=NNC(=O)CSCC(=O)Nc1ccccc1. The van der Waals surface area contributed by atoms with Gasteiger partial charge in [-0.25, -0.2) is 5.43 Å². The number of benzene rings is 2. The van der Waals surface area contributed by atoms with Gasteiger partial charge in [0.1, 0.15) is 0 Å². The third kappa shape index (κ3) is 6.90. The molecule has 0 aliphatic rings. The van der Waals surface area contributed by atoms with Crippen LogP contribution in [0.15, 0.2) is 53.6 Å². The second-order valence-electron chi connectivity index (χ2n) is 5.50. The van der Waals surface area contributed by atoms with Crippen molar-refractivity contribution in [1.82, 2.24) is 5.43 Å². The Labute approximate surface area is 160 Å². The van der Waals surface area contributed by atoms with E-state index in [1.54, 1.807) is 25.1 Å². The predicted molar refractivity (Wildman–Crippen MR) is 106 cm³/mol. The standard InChI is InChI=1S/C18H18N4O4S/c1-13-7-8-16(22(25)26)9-14(13)10-19-21-18(24)12-27-11-17(23)20-15-5-3-2-4-6-15/h2-10H,11-12H2,1H3,(H,20,23)(H,21,24). The summed E-state index contributed by atoms with van der Waals surface area (Å²) in [4.78, 5) is 33.8. The number of nitrogens with one attached hydrogen (secondary N) is 2. The van der Waals surface area contributed by atoms with Gasteiger partial charge < -0.3 is 5.32 Å². The molecule has 2 N–H and O–H groups in total. The number of aryl methyl sites for hydroxylation is 1. The number of nitro groups is 1. The predicted octanol–water partition coefficient (Wildman–Crippen LogP) is 2.73.